The van der Waals surface area contributed by atoms with Gasteiger partial charge < -0.3 is 4.52 Å². The third-order valence-corrected chi connectivity index (χ3v) is 2.24. The standard InChI is InChI=1S/C11H18N2O3/c1-10(2,3)8-7(13(14)15)9(16-12-8)11(4,5)6/h1-6H3. The quantitative estimate of drug-likeness (QED) is 0.544. The summed E-state index contributed by atoms with van der Waals surface area (Å²) >= 11 is 0. The molecule has 0 unspecified atom stereocenters. The van der Waals surface area contributed by atoms with Crippen LogP contribution in [0.1, 0.15) is 53.0 Å². The lowest BCUT2D eigenvalue weighted by Crippen LogP contribution is -2.16. The maximum Gasteiger partial charge on any atom is 0.335 e. The summed E-state index contributed by atoms with van der Waals surface area (Å²) in [5.74, 6) is 0.336. The van der Waals surface area contributed by atoms with Crippen molar-refractivity contribution in [3.63, 3.8) is 0 Å². The molecule has 0 N–H and O–H groups in total. The van der Waals surface area contributed by atoms with Crippen LogP contribution in [0.5, 0.6) is 0 Å². The predicted molar refractivity (Wildman–Crippen MR) is 60.6 cm³/mol. The van der Waals surface area contributed by atoms with Gasteiger partial charge in [0.15, 0.2) is 5.69 Å². The zero-order valence-corrected chi connectivity index (χ0v) is 10.6. The Labute approximate surface area is 95.0 Å². The van der Waals surface area contributed by atoms with E-state index in [4.69, 9.17) is 4.52 Å². The van der Waals surface area contributed by atoms with Crippen LogP contribution < -0.4 is 0 Å². The Hall–Kier alpha value is -1.39. The van der Waals surface area contributed by atoms with Crippen molar-refractivity contribution in [1.82, 2.24) is 5.16 Å². The van der Waals surface area contributed by atoms with Crippen molar-refractivity contribution in [2.45, 2.75) is 52.4 Å². The van der Waals surface area contributed by atoms with E-state index in [0.29, 0.717) is 11.5 Å². The Balaban J connectivity index is 3.47. The molecule has 16 heavy (non-hydrogen) atoms. The van der Waals surface area contributed by atoms with Crippen LogP contribution >= 0.6 is 0 Å². The highest BCUT2D eigenvalue weighted by Crippen LogP contribution is 2.38. The molecular formula is C11H18N2O3. The first-order chi connectivity index (χ1) is 7.05. The zero-order valence-electron chi connectivity index (χ0n) is 10.6. The van der Waals surface area contributed by atoms with Crippen molar-refractivity contribution in [3.8, 4) is 0 Å². The van der Waals surface area contributed by atoms with Crippen molar-refractivity contribution in [2.75, 3.05) is 0 Å². The fraction of sp³-hybridized carbons (Fsp3) is 0.727. The second-order valence-corrected chi connectivity index (χ2v) is 5.97. The fourth-order valence-corrected chi connectivity index (χ4v) is 1.44. The van der Waals surface area contributed by atoms with E-state index >= 15 is 0 Å². The summed E-state index contributed by atoms with van der Waals surface area (Å²) in [6, 6.07) is 0. The maximum absolute atomic E-state index is 11.1. The van der Waals surface area contributed by atoms with E-state index in [1.807, 2.05) is 41.5 Å². The van der Waals surface area contributed by atoms with Gasteiger partial charge in [-0.25, -0.2) is 0 Å². The highest BCUT2D eigenvalue weighted by Gasteiger charge is 2.38. The van der Waals surface area contributed by atoms with Gasteiger partial charge in [0, 0.05) is 10.8 Å². The van der Waals surface area contributed by atoms with Gasteiger partial charge in [0.2, 0.25) is 5.76 Å². The van der Waals surface area contributed by atoms with Crippen molar-refractivity contribution in [3.05, 3.63) is 21.6 Å². The van der Waals surface area contributed by atoms with Crippen molar-refractivity contribution < 1.29 is 9.45 Å². The van der Waals surface area contributed by atoms with Gasteiger partial charge in [-0.3, -0.25) is 10.1 Å². The molecule has 0 aliphatic heterocycles. The summed E-state index contributed by atoms with van der Waals surface area (Å²) in [4.78, 5) is 10.7. The van der Waals surface area contributed by atoms with Crippen LogP contribution in [0, 0.1) is 10.1 Å². The number of nitro groups is 1. The number of hydrogen-bond donors (Lipinski definition) is 0. The van der Waals surface area contributed by atoms with Crippen molar-refractivity contribution in [1.29, 1.82) is 0 Å². The third kappa shape index (κ3) is 2.23. The van der Waals surface area contributed by atoms with E-state index in [1.54, 1.807) is 0 Å². The van der Waals surface area contributed by atoms with E-state index in [2.05, 4.69) is 5.16 Å². The lowest BCUT2D eigenvalue weighted by atomic mass is 9.86. The average Bonchev–Trinajstić information content (AvgIpc) is 2.43. The van der Waals surface area contributed by atoms with Crippen molar-refractivity contribution in [2.24, 2.45) is 0 Å². The molecule has 90 valence electrons. The summed E-state index contributed by atoms with van der Waals surface area (Å²) in [6.07, 6.45) is 0. The second-order valence-electron chi connectivity index (χ2n) is 5.97. The van der Waals surface area contributed by atoms with Gasteiger partial charge in [-0.2, -0.15) is 0 Å². The second kappa shape index (κ2) is 3.57. The minimum absolute atomic E-state index is 0.0139. The molecule has 0 fully saturated rings. The number of nitrogens with zero attached hydrogens (tertiary/aromatic N) is 2. The van der Waals surface area contributed by atoms with Crippen LogP contribution in [0.4, 0.5) is 5.69 Å². The molecule has 0 spiro atoms. The third-order valence-electron chi connectivity index (χ3n) is 2.24. The Morgan fingerprint density at radius 2 is 1.62 bits per heavy atom. The Kier molecular flexibility index (Phi) is 2.83. The molecule has 1 rings (SSSR count). The van der Waals surface area contributed by atoms with Gasteiger partial charge in [-0.15, -0.1) is 0 Å². The molecule has 0 aliphatic carbocycles. The number of aromatic nitrogens is 1. The molecule has 1 aromatic rings. The molecule has 0 saturated carbocycles. The molecule has 0 aliphatic rings. The lowest BCUT2D eigenvalue weighted by Gasteiger charge is -2.15. The molecule has 0 radical (unpaired) electrons. The first-order valence-corrected chi connectivity index (χ1v) is 5.20. The number of hydrogen-bond acceptors (Lipinski definition) is 4. The normalized spacial score (nSPS) is 12.9. The van der Waals surface area contributed by atoms with Gasteiger partial charge in [0.1, 0.15) is 0 Å². The zero-order chi connectivity index (χ0) is 12.7. The van der Waals surface area contributed by atoms with Gasteiger partial charge in [-0.05, 0) is 0 Å². The molecule has 0 aromatic carbocycles. The highest BCUT2D eigenvalue weighted by atomic mass is 16.6. The molecule has 0 amide bonds. The molecule has 0 atom stereocenters. The average molecular weight is 226 g/mol. The smallest absolute Gasteiger partial charge is 0.335 e. The summed E-state index contributed by atoms with van der Waals surface area (Å²) in [6.45, 7) is 11.2. The predicted octanol–water partition coefficient (Wildman–Crippen LogP) is 3.18. The first-order valence-electron chi connectivity index (χ1n) is 5.20. The Bertz CT molecular complexity index is 376. The van der Waals surface area contributed by atoms with E-state index < -0.39 is 15.8 Å². The fourth-order valence-electron chi connectivity index (χ4n) is 1.44. The number of rotatable bonds is 1. The van der Waals surface area contributed by atoms with Gasteiger partial charge >= 0.3 is 5.69 Å². The van der Waals surface area contributed by atoms with Crippen LogP contribution in [0.3, 0.4) is 0 Å². The van der Waals surface area contributed by atoms with Crippen LogP contribution in [0.2, 0.25) is 0 Å². The maximum atomic E-state index is 11.1. The first kappa shape index (κ1) is 12.7. The van der Waals surface area contributed by atoms with Crippen LogP contribution in [0.25, 0.3) is 0 Å². The largest absolute Gasteiger partial charge is 0.353 e. The van der Waals surface area contributed by atoms with E-state index in [1.165, 1.54) is 0 Å². The Morgan fingerprint density at radius 3 is 1.94 bits per heavy atom. The van der Waals surface area contributed by atoms with Gasteiger partial charge in [0.25, 0.3) is 0 Å². The SMILES string of the molecule is CC(C)(C)c1noc(C(C)(C)C)c1[N+](=O)[O-]. The molecule has 5 nitrogen and oxygen atoms in total. The van der Waals surface area contributed by atoms with E-state index in [-0.39, 0.29) is 5.69 Å². The minimum Gasteiger partial charge on any atom is -0.353 e. The summed E-state index contributed by atoms with van der Waals surface area (Å²) < 4.78 is 5.16. The highest BCUT2D eigenvalue weighted by molar-refractivity contribution is 5.45. The topological polar surface area (TPSA) is 69.2 Å². The molecule has 1 aromatic heterocycles. The van der Waals surface area contributed by atoms with Crippen LogP contribution in [0.15, 0.2) is 4.52 Å². The molecule has 0 bridgehead atoms. The van der Waals surface area contributed by atoms with Crippen molar-refractivity contribution >= 4 is 5.69 Å². The Morgan fingerprint density at radius 1 is 1.12 bits per heavy atom. The van der Waals surface area contributed by atoms with E-state index in [0.717, 1.165) is 0 Å². The van der Waals surface area contributed by atoms with Gasteiger partial charge in [-0.1, -0.05) is 46.7 Å². The van der Waals surface area contributed by atoms with Crippen LogP contribution in [-0.2, 0) is 10.8 Å². The monoisotopic (exact) mass is 226 g/mol. The molecule has 1 heterocycles. The van der Waals surface area contributed by atoms with Gasteiger partial charge in [0.05, 0.1) is 4.92 Å². The summed E-state index contributed by atoms with van der Waals surface area (Å²) in [5.41, 5.74) is -0.392. The summed E-state index contributed by atoms with van der Waals surface area (Å²) in [7, 11) is 0. The molecule has 5 heteroatoms. The molecule has 0 saturated heterocycles. The molecular weight excluding hydrogens is 208 g/mol. The summed E-state index contributed by atoms with van der Waals surface area (Å²) in [5, 5.41) is 15.0. The minimum atomic E-state index is -0.418. The lowest BCUT2D eigenvalue weighted by molar-refractivity contribution is -0.387. The van der Waals surface area contributed by atoms with Crippen LogP contribution in [-0.4, -0.2) is 10.1 Å². The van der Waals surface area contributed by atoms with E-state index in [9.17, 15) is 10.1 Å².